The lowest BCUT2D eigenvalue weighted by molar-refractivity contribution is -0.140. The fourth-order valence-electron chi connectivity index (χ4n) is 2.34. The second-order valence-corrected chi connectivity index (χ2v) is 5.35. The van der Waals surface area contributed by atoms with Gasteiger partial charge in [0.1, 0.15) is 11.5 Å². The Hall–Kier alpha value is -1.36. The molecule has 20 heavy (non-hydrogen) atoms. The molecule has 0 aromatic heterocycles. The molecule has 0 radical (unpaired) electrons. The monoisotopic (exact) mass is 340 g/mol. The third kappa shape index (κ3) is 3.39. The van der Waals surface area contributed by atoms with E-state index in [0.717, 1.165) is 16.9 Å². The Balaban J connectivity index is 2.12. The molecule has 0 saturated carbocycles. The average Bonchev–Trinajstić information content (AvgIpc) is 2.50. The fourth-order valence-corrected chi connectivity index (χ4v) is 2.80. The quantitative estimate of drug-likeness (QED) is 0.609. The van der Waals surface area contributed by atoms with Gasteiger partial charge in [-0.1, -0.05) is 34.1 Å². The summed E-state index contributed by atoms with van der Waals surface area (Å²) < 4.78 is 10.4. The molecule has 0 bridgehead atoms. The third-order valence-corrected chi connectivity index (χ3v) is 4.04. The number of esters is 1. The number of carbonyl (C=O) groups is 2. The van der Waals surface area contributed by atoms with E-state index in [1.165, 1.54) is 7.11 Å². The van der Waals surface area contributed by atoms with Gasteiger partial charge in [0, 0.05) is 6.42 Å². The number of fused-ring (bicyclic) bond motifs is 1. The molecule has 0 fully saturated rings. The normalized spacial score (nSPS) is 17.0. The van der Waals surface area contributed by atoms with Gasteiger partial charge < -0.3 is 9.47 Å². The van der Waals surface area contributed by atoms with Crippen molar-refractivity contribution in [1.29, 1.82) is 0 Å². The summed E-state index contributed by atoms with van der Waals surface area (Å²) in [5, 5.41) is 0.360. The van der Waals surface area contributed by atoms with E-state index in [1.807, 2.05) is 18.2 Å². The van der Waals surface area contributed by atoms with Crippen LogP contribution in [0, 0.1) is 5.92 Å². The van der Waals surface area contributed by atoms with Crippen LogP contribution in [0.15, 0.2) is 18.2 Å². The predicted octanol–water partition coefficient (Wildman–Crippen LogP) is 2.31. The Morgan fingerprint density at radius 2 is 2.25 bits per heavy atom. The number of carbonyl (C=O) groups excluding carboxylic acids is 2. The Kier molecular flexibility index (Phi) is 5.17. The third-order valence-electron chi connectivity index (χ3n) is 3.49. The van der Waals surface area contributed by atoms with Crippen LogP contribution in [0.3, 0.4) is 0 Å². The molecule has 1 aromatic rings. The van der Waals surface area contributed by atoms with Gasteiger partial charge in [-0.3, -0.25) is 9.59 Å². The van der Waals surface area contributed by atoms with Gasteiger partial charge in [-0.25, -0.2) is 0 Å². The predicted molar refractivity (Wildman–Crippen MR) is 78.3 cm³/mol. The molecule has 2 rings (SSSR count). The van der Waals surface area contributed by atoms with E-state index >= 15 is 0 Å². The van der Waals surface area contributed by atoms with Crippen LogP contribution in [0.1, 0.15) is 17.5 Å². The molecular formula is C15H17BrO4. The molecule has 0 aliphatic carbocycles. The number of hydrogen-bond acceptors (Lipinski definition) is 4. The first-order valence-corrected chi connectivity index (χ1v) is 7.67. The SMILES string of the molecule is COC(=O)CCc1cccc2c1OCC(C(=O)CBr)C2. The fraction of sp³-hybridized carbons (Fsp3) is 0.467. The maximum atomic E-state index is 11.7. The largest absolute Gasteiger partial charge is 0.492 e. The van der Waals surface area contributed by atoms with E-state index in [2.05, 4.69) is 20.7 Å². The lowest BCUT2D eigenvalue weighted by Crippen LogP contribution is -2.29. The smallest absolute Gasteiger partial charge is 0.305 e. The van der Waals surface area contributed by atoms with E-state index in [-0.39, 0.29) is 17.7 Å². The van der Waals surface area contributed by atoms with Crippen molar-refractivity contribution in [3.63, 3.8) is 0 Å². The topological polar surface area (TPSA) is 52.6 Å². The summed E-state index contributed by atoms with van der Waals surface area (Å²) in [4.78, 5) is 22.9. The highest BCUT2D eigenvalue weighted by molar-refractivity contribution is 9.09. The van der Waals surface area contributed by atoms with Gasteiger partial charge in [-0.15, -0.1) is 0 Å². The van der Waals surface area contributed by atoms with Crippen LogP contribution >= 0.6 is 15.9 Å². The van der Waals surface area contributed by atoms with Crippen molar-refractivity contribution in [3.05, 3.63) is 29.3 Å². The maximum Gasteiger partial charge on any atom is 0.305 e. The molecule has 5 heteroatoms. The first-order valence-electron chi connectivity index (χ1n) is 6.54. The molecule has 1 heterocycles. The summed E-state index contributed by atoms with van der Waals surface area (Å²) in [7, 11) is 1.38. The number of ketones is 1. The number of halogens is 1. The van der Waals surface area contributed by atoms with Crippen molar-refractivity contribution < 1.29 is 19.1 Å². The standard InChI is InChI=1S/C15H17BrO4/c1-19-14(18)6-5-10-3-2-4-11-7-12(13(17)8-16)9-20-15(10)11/h2-4,12H,5-9H2,1H3. The van der Waals surface area contributed by atoms with Crippen molar-refractivity contribution in [3.8, 4) is 5.75 Å². The van der Waals surface area contributed by atoms with Crippen LogP contribution < -0.4 is 4.74 Å². The number of Topliss-reactive ketones (excluding diaryl/α,β-unsaturated/α-hetero) is 1. The zero-order valence-corrected chi connectivity index (χ0v) is 12.9. The van der Waals surface area contributed by atoms with E-state index in [0.29, 0.717) is 31.2 Å². The second-order valence-electron chi connectivity index (χ2n) is 4.79. The molecule has 4 nitrogen and oxygen atoms in total. The molecule has 1 aliphatic heterocycles. The molecular weight excluding hydrogens is 324 g/mol. The van der Waals surface area contributed by atoms with Crippen LogP contribution in [0.2, 0.25) is 0 Å². The van der Waals surface area contributed by atoms with Gasteiger partial charge in [0.05, 0.1) is 25.0 Å². The lowest BCUT2D eigenvalue weighted by atomic mass is 9.91. The van der Waals surface area contributed by atoms with Gasteiger partial charge in [0.2, 0.25) is 0 Å². The molecule has 0 spiro atoms. The summed E-state index contributed by atoms with van der Waals surface area (Å²) in [5.74, 6) is 0.675. The van der Waals surface area contributed by atoms with E-state index in [9.17, 15) is 9.59 Å². The summed E-state index contributed by atoms with van der Waals surface area (Å²) in [6, 6.07) is 5.87. The Morgan fingerprint density at radius 1 is 1.45 bits per heavy atom. The minimum Gasteiger partial charge on any atom is -0.492 e. The molecule has 1 aliphatic rings. The van der Waals surface area contributed by atoms with Gasteiger partial charge in [0.15, 0.2) is 0 Å². The van der Waals surface area contributed by atoms with Crippen LogP contribution in [-0.4, -0.2) is 30.8 Å². The number of alkyl halides is 1. The summed E-state index contributed by atoms with van der Waals surface area (Å²) in [6.07, 6.45) is 1.62. The first-order chi connectivity index (χ1) is 9.65. The highest BCUT2D eigenvalue weighted by atomic mass is 79.9. The number of hydrogen-bond donors (Lipinski definition) is 0. The minimum absolute atomic E-state index is 0.0854. The Bertz CT molecular complexity index is 498. The minimum atomic E-state index is -0.231. The summed E-state index contributed by atoms with van der Waals surface area (Å²) in [5.41, 5.74) is 2.04. The van der Waals surface area contributed by atoms with Gasteiger partial charge >= 0.3 is 5.97 Å². The Morgan fingerprint density at radius 3 is 2.95 bits per heavy atom. The molecule has 0 amide bonds. The van der Waals surface area contributed by atoms with Crippen molar-refractivity contribution in [2.45, 2.75) is 19.3 Å². The van der Waals surface area contributed by atoms with Crippen LogP contribution in [-0.2, 0) is 27.2 Å². The molecule has 1 unspecified atom stereocenters. The number of rotatable bonds is 5. The number of ether oxygens (including phenoxy) is 2. The van der Waals surface area contributed by atoms with Gasteiger partial charge in [-0.05, 0) is 24.0 Å². The molecule has 1 atom stereocenters. The van der Waals surface area contributed by atoms with Crippen LogP contribution in [0.4, 0.5) is 0 Å². The van der Waals surface area contributed by atoms with Gasteiger partial charge in [-0.2, -0.15) is 0 Å². The molecule has 1 aromatic carbocycles. The van der Waals surface area contributed by atoms with E-state index in [4.69, 9.17) is 4.74 Å². The van der Waals surface area contributed by atoms with Crippen LogP contribution in [0.25, 0.3) is 0 Å². The molecule has 0 N–H and O–H groups in total. The highest BCUT2D eigenvalue weighted by Crippen LogP contribution is 2.32. The number of methoxy groups -OCH3 is 1. The van der Waals surface area contributed by atoms with Crippen molar-refractivity contribution in [1.82, 2.24) is 0 Å². The summed E-state index contributed by atoms with van der Waals surface area (Å²) in [6.45, 7) is 0.409. The van der Waals surface area contributed by atoms with Crippen LogP contribution in [0.5, 0.6) is 5.75 Å². The zero-order valence-electron chi connectivity index (χ0n) is 11.4. The lowest BCUT2D eigenvalue weighted by Gasteiger charge is -2.26. The maximum absolute atomic E-state index is 11.7. The Labute approximate surface area is 126 Å². The highest BCUT2D eigenvalue weighted by Gasteiger charge is 2.26. The zero-order chi connectivity index (χ0) is 14.5. The van der Waals surface area contributed by atoms with Gasteiger partial charge in [0.25, 0.3) is 0 Å². The second kappa shape index (κ2) is 6.88. The van der Waals surface area contributed by atoms with E-state index < -0.39 is 0 Å². The van der Waals surface area contributed by atoms with Crippen molar-refractivity contribution >= 4 is 27.7 Å². The molecule has 0 saturated heterocycles. The number of para-hydroxylation sites is 1. The first kappa shape index (κ1) is 15.0. The summed E-state index contributed by atoms with van der Waals surface area (Å²) >= 11 is 3.20. The number of aryl methyl sites for hydroxylation is 1. The van der Waals surface area contributed by atoms with E-state index in [1.54, 1.807) is 0 Å². The average molecular weight is 341 g/mol. The van der Waals surface area contributed by atoms with Crippen molar-refractivity contribution in [2.24, 2.45) is 5.92 Å². The number of benzene rings is 1. The molecule has 108 valence electrons. The van der Waals surface area contributed by atoms with Crippen molar-refractivity contribution in [2.75, 3.05) is 19.0 Å².